The molecule has 0 unspecified atom stereocenters. The zero-order chi connectivity index (χ0) is 11.5. The van der Waals surface area contributed by atoms with Gasteiger partial charge in [-0.2, -0.15) is 0 Å². The molecular formula is C13H14O3. The number of hydrogen-bond acceptors (Lipinski definition) is 3. The molecule has 16 heavy (non-hydrogen) atoms. The molecule has 0 N–H and O–H groups in total. The minimum atomic E-state index is 0.725. The van der Waals surface area contributed by atoms with E-state index in [9.17, 15) is 0 Å². The van der Waals surface area contributed by atoms with Crippen LogP contribution in [0, 0.1) is 0 Å². The van der Waals surface area contributed by atoms with Crippen molar-refractivity contribution >= 4 is 10.8 Å². The van der Waals surface area contributed by atoms with Gasteiger partial charge in [-0.3, -0.25) is 0 Å². The number of benzene rings is 2. The Morgan fingerprint density at radius 3 is 2.19 bits per heavy atom. The third kappa shape index (κ3) is 1.65. The van der Waals surface area contributed by atoms with E-state index in [2.05, 4.69) is 0 Å². The van der Waals surface area contributed by atoms with Gasteiger partial charge in [0.25, 0.3) is 0 Å². The minimum absolute atomic E-state index is 0.725. The fraction of sp³-hybridized carbons (Fsp3) is 0.231. The fourth-order valence-corrected chi connectivity index (χ4v) is 1.75. The Hall–Kier alpha value is -1.90. The molecule has 0 aliphatic carbocycles. The van der Waals surface area contributed by atoms with Gasteiger partial charge >= 0.3 is 0 Å². The third-order valence-electron chi connectivity index (χ3n) is 2.57. The van der Waals surface area contributed by atoms with E-state index in [0.717, 1.165) is 28.0 Å². The van der Waals surface area contributed by atoms with Crippen LogP contribution in [0.25, 0.3) is 10.8 Å². The maximum absolute atomic E-state index is 5.37. The Morgan fingerprint density at radius 1 is 0.812 bits per heavy atom. The van der Waals surface area contributed by atoms with Crippen molar-refractivity contribution in [2.45, 2.75) is 0 Å². The molecule has 0 spiro atoms. The SMILES string of the molecule is COc1ccc2ccc(OC)c(OC)c2c1. The Morgan fingerprint density at radius 2 is 1.56 bits per heavy atom. The van der Waals surface area contributed by atoms with Gasteiger partial charge < -0.3 is 14.2 Å². The summed E-state index contributed by atoms with van der Waals surface area (Å²) in [6, 6.07) is 9.75. The van der Waals surface area contributed by atoms with Crippen LogP contribution < -0.4 is 14.2 Å². The quantitative estimate of drug-likeness (QED) is 0.792. The van der Waals surface area contributed by atoms with Gasteiger partial charge in [0.15, 0.2) is 11.5 Å². The van der Waals surface area contributed by atoms with Crippen molar-refractivity contribution < 1.29 is 14.2 Å². The molecule has 0 heterocycles. The summed E-state index contributed by atoms with van der Waals surface area (Å²) in [5.74, 6) is 2.27. The van der Waals surface area contributed by atoms with Crippen molar-refractivity contribution in [3.8, 4) is 17.2 Å². The van der Waals surface area contributed by atoms with Crippen LogP contribution in [0.5, 0.6) is 17.2 Å². The second-order valence-corrected chi connectivity index (χ2v) is 3.39. The largest absolute Gasteiger partial charge is 0.497 e. The second-order valence-electron chi connectivity index (χ2n) is 3.39. The predicted molar refractivity (Wildman–Crippen MR) is 63.6 cm³/mol. The van der Waals surface area contributed by atoms with Gasteiger partial charge in [-0.15, -0.1) is 0 Å². The summed E-state index contributed by atoms with van der Waals surface area (Å²) in [5.41, 5.74) is 0. The van der Waals surface area contributed by atoms with Crippen LogP contribution in [-0.4, -0.2) is 21.3 Å². The van der Waals surface area contributed by atoms with Crippen molar-refractivity contribution in [1.82, 2.24) is 0 Å². The van der Waals surface area contributed by atoms with Gasteiger partial charge in [0.2, 0.25) is 0 Å². The van der Waals surface area contributed by atoms with Crippen LogP contribution in [0.2, 0.25) is 0 Å². The first kappa shape index (κ1) is 10.6. The molecule has 2 rings (SSSR count). The highest BCUT2D eigenvalue weighted by Crippen LogP contribution is 2.36. The molecule has 2 aromatic carbocycles. The smallest absolute Gasteiger partial charge is 0.168 e. The monoisotopic (exact) mass is 218 g/mol. The molecule has 0 aliphatic heterocycles. The van der Waals surface area contributed by atoms with Gasteiger partial charge in [0.1, 0.15) is 5.75 Å². The molecule has 0 bridgehead atoms. The lowest BCUT2D eigenvalue weighted by molar-refractivity contribution is 0.358. The summed E-state index contributed by atoms with van der Waals surface area (Å²) in [6.07, 6.45) is 0. The lowest BCUT2D eigenvalue weighted by atomic mass is 10.1. The first-order chi connectivity index (χ1) is 7.80. The summed E-state index contributed by atoms with van der Waals surface area (Å²) in [5, 5.41) is 2.08. The first-order valence-corrected chi connectivity index (χ1v) is 4.99. The zero-order valence-corrected chi connectivity index (χ0v) is 9.61. The van der Waals surface area contributed by atoms with Gasteiger partial charge in [-0.1, -0.05) is 12.1 Å². The van der Waals surface area contributed by atoms with E-state index in [1.54, 1.807) is 21.3 Å². The maximum Gasteiger partial charge on any atom is 0.168 e. The summed E-state index contributed by atoms with van der Waals surface area (Å²) in [6.45, 7) is 0. The highest BCUT2D eigenvalue weighted by Gasteiger charge is 2.09. The standard InChI is InChI=1S/C13H14O3/c1-14-10-6-4-9-5-7-12(15-2)13(16-3)11(9)8-10/h4-8H,1-3H3. The summed E-state index contributed by atoms with van der Waals surface area (Å²) in [7, 11) is 4.91. The minimum Gasteiger partial charge on any atom is -0.497 e. The number of fused-ring (bicyclic) bond motifs is 1. The second kappa shape index (κ2) is 4.31. The van der Waals surface area contributed by atoms with E-state index in [-0.39, 0.29) is 0 Å². The molecule has 3 nitrogen and oxygen atoms in total. The molecule has 0 fully saturated rings. The fourth-order valence-electron chi connectivity index (χ4n) is 1.75. The van der Waals surface area contributed by atoms with Crippen LogP contribution in [0.1, 0.15) is 0 Å². The first-order valence-electron chi connectivity index (χ1n) is 4.99. The molecular weight excluding hydrogens is 204 g/mol. The van der Waals surface area contributed by atoms with Crippen molar-refractivity contribution in [3.05, 3.63) is 30.3 Å². The van der Waals surface area contributed by atoms with Gasteiger partial charge in [0, 0.05) is 5.39 Å². The van der Waals surface area contributed by atoms with E-state index in [1.165, 1.54) is 0 Å². The highest BCUT2D eigenvalue weighted by molar-refractivity contribution is 5.91. The maximum atomic E-state index is 5.37. The lowest BCUT2D eigenvalue weighted by Crippen LogP contribution is -1.92. The Balaban J connectivity index is 2.73. The van der Waals surface area contributed by atoms with Crippen LogP contribution in [0.4, 0.5) is 0 Å². The molecule has 3 heteroatoms. The van der Waals surface area contributed by atoms with Crippen LogP contribution >= 0.6 is 0 Å². The topological polar surface area (TPSA) is 27.7 Å². The Labute approximate surface area is 94.5 Å². The van der Waals surface area contributed by atoms with Crippen molar-refractivity contribution in [2.24, 2.45) is 0 Å². The molecule has 0 aliphatic rings. The summed E-state index contributed by atoms with van der Waals surface area (Å²) in [4.78, 5) is 0. The van der Waals surface area contributed by atoms with E-state index < -0.39 is 0 Å². The lowest BCUT2D eigenvalue weighted by Gasteiger charge is -2.11. The molecule has 0 atom stereocenters. The van der Waals surface area contributed by atoms with E-state index >= 15 is 0 Å². The molecule has 0 saturated heterocycles. The molecule has 0 aromatic heterocycles. The third-order valence-corrected chi connectivity index (χ3v) is 2.57. The molecule has 84 valence electrons. The Kier molecular flexibility index (Phi) is 2.86. The van der Waals surface area contributed by atoms with Gasteiger partial charge in [0.05, 0.1) is 21.3 Å². The van der Waals surface area contributed by atoms with Crippen LogP contribution in [0.3, 0.4) is 0 Å². The number of ether oxygens (including phenoxy) is 3. The van der Waals surface area contributed by atoms with Crippen molar-refractivity contribution in [3.63, 3.8) is 0 Å². The molecule has 0 amide bonds. The highest BCUT2D eigenvalue weighted by atomic mass is 16.5. The predicted octanol–water partition coefficient (Wildman–Crippen LogP) is 2.87. The van der Waals surface area contributed by atoms with Crippen LogP contribution in [-0.2, 0) is 0 Å². The van der Waals surface area contributed by atoms with E-state index in [4.69, 9.17) is 14.2 Å². The number of rotatable bonds is 3. The van der Waals surface area contributed by atoms with Crippen molar-refractivity contribution in [2.75, 3.05) is 21.3 Å². The molecule has 0 radical (unpaired) electrons. The van der Waals surface area contributed by atoms with Gasteiger partial charge in [-0.05, 0) is 23.6 Å². The van der Waals surface area contributed by atoms with Crippen LogP contribution in [0.15, 0.2) is 30.3 Å². The molecule has 2 aromatic rings. The number of methoxy groups -OCH3 is 3. The zero-order valence-electron chi connectivity index (χ0n) is 9.61. The van der Waals surface area contributed by atoms with E-state index in [0.29, 0.717) is 0 Å². The molecule has 0 saturated carbocycles. The van der Waals surface area contributed by atoms with Gasteiger partial charge in [-0.25, -0.2) is 0 Å². The summed E-state index contributed by atoms with van der Waals surface area (Å²) < 4.78 is 15.8. The average Bonchev–Trinajstić information content (AvgIpc) is 2.36. The normalized spacial score (nSPS) is 10.2. The Bertz CT molecular complexity index is 500. The van der Waals surface area contributed by atoms with E-state index in [1.807, 2.05) is 30.3 Å². The summed E-state index contributed by atoms with van der Waals surface area (Å²) >= 11 is 0. The average molecular weight is 218 g/mol. The van der Waals surface area contributed by atoms with Crippen molar-refractivity contribution in [1.29, 1.82) is 0 Å². The number of hydrogen-bond donors (Lipinski definition) is 0.